The summed E-state index contributed by atoms with van der Waals surface area (Å²) >= 11 is 0. The third kappa shape index (κ3) is 5.68. The lowest BCUT2D eigenvalue weighted by Crippen LogP contribution is -2.20. The zero-order valence-corrected chi connectivity index (χ0v) is 12.7. The molecular formula is C13H25N5O2. The number of nitrogens with one attached hydrogen (secondary N) is 2. The topological polar surface area (TPSA) is 94.3 Å². The molecule has 0 spiro atoms. The summed E-state index contributed by atoms with van der Waals surface area (Å²) in [7, 11) is 1.65. The van der Waals surface area contributed by atoms with E-state index in [9.17, 15) is 0 Å². The van der Waals surface area contributed by atoms with Gasteiger partial charge in [-0.05, 0) is 0 Å². The van der Waals surface area contributed by atoms with Gasteiger partial charge in [0.2, 0.25) is 0 Å². The maximum Gasteiger partial charge on any atom is 0.145 e. The minimum atomic E-state index is -0.141. The average molecular weight is 283 g/mol. The number of ether oxygens (including phenoxy) is 2. The first-order chi connectivity index (χ1) is 9.47. The lowest BCUT2D eigenvalue weighted by atomic mass is 9.96. The highest BCUT2D eigenvalue weighted by Crippen LogP contribution is 2.21. The second-order valence-electron chi connectivity index (χ2n) is 5.39. The fraction of sp³-hybridized carbons (Fsp3) is 0.692. The number of nitrogens with two attached hydrogens (primary N) is 1. The smallest absolute Gasteiger partial charge is 0.145 e. The van der Waals surface area contributed by atoms with Crippen LogP contribution in [0.25, 0.3) is 0 Å². The number of hydrogen-bond acceptors (Lipinski definition) is 7. The van der Waals surface area contributed by atoms with Crippen LogP contribution in [0.4, 0.5) is 11.6 Å². The van der Waals surface area contributed by atoms with Crippen molar-refractivity contribution in [2.24, 2.45) is 5.84 Å². The number of nitrogens with zero attached hydrogens (tertiary/aromatic N) is 2. The summed E-state index contributed by atoms with van der Waals surface area (Å²) in [6, 6.07) is 1.77. The number of nitrogen functional groups attached to an aromatic ring is 1. The first-order valence-electron chi connectivity index (χ1n) is 6.64. The van der Waals surface area contributed by atoms with E-state index < -0.39 is 0 Å². The van der Waals surface area contributed by atoms with Gasteiger partial charge in [-0.25, -0.2) is 15.8 Å². The highest BCUT2D eigenvalue weighted by molar-refractivity contribution is 5.47. The highest BCUT2D eigenvalue weighted by atomic mass is 16.5. The SMILES string of the molecule is COCCOCCNc1cc(NN)nc(C(C)(C)C)n1. The molecule has 0 amide bonds. The van der Waals surface area contributed by atoms with Gasteiger partial charge in [0, 0.05) is 25.1 Å². The normalized spacial score (nSPS) is 11.4. The molecule has 0 aromatic carbocycles. The number of rotatable bonds is 8. The summed E-state index contributed by atoms with van der Waals surface area (Å²) in [5.74, 6) is 7.49. The van der Waals surface area contributed by atoms with Gasteiger partial charge in [-0.15, -0.1) is 0 Å². The van der Waals surface area contributed by atoms with Crippen LogP contribution < -0.4 is 16.6 Å². The molecular weight excluding hydrogens is 258 g/mol. The van der Waals surface area contributed by atoms with Crippen molar-refractivity contribution >= 4 is 11.6 Å². The summed E-state index contributed by atoms with van der Waals surface area (Å²) < 4.78 is 10.3. The van der Waals surface area contributed by atoms with Crippen molar-refractivity contribution in [1.29, 1.82) is 0 Å². The van der Waals surface area contributed by atoms with Crippen LogP contribution in [0.3, 0.4) is 0 Å². The van der Waals surface area contributed by atoms with Crippen LogP contribution in [0.5, 0.6) is 0 Å². The molecule has 0 aliphatic rings. The van der Waals surface area contributed by atoms with Gasteiger partial charge in [-0.2, -0.15) is 0 Å². The molecule has 1 rings (SSSR count). The number of anilines is 2. The monoisotopic (exact) mass is 283 g/mol. The predicted molar refractivity (Wildman–Crippen MR) is 79.7 cm³/mol. The molecule has 0 fully saturated rings. The van der Waals surface area contributed by atoms with E-state index in [1.54, 1.807) is 13.2 Å². The van der Waals surface area contributed by atoms with Crippen molar-refractivity contribution in [2.45, 2.75) is 26.2 Å². The largest absolute Gasteiger partial charge is 0.382 e. The van der Waals surface area contributed by atoms with E-state index >= 15 is 0 Å². The second-order valence-corrected chi connectivity index (χ2v) is 5.39. The fourth-order valence-electron chi connectivity index (χ4n) is 1.44. The Balaban J connectivity index is 2.56. The Hall–Kier alpha value is -1.44. The van der Waals surface area contributed by atoms with Crippen molar-refractivity contribution in [3.8, 4) is 0 Å². The maximum absolute atomic E-state index is 5.43. The van der Waals surface area contributed by atoms with Gasteiger partial charge in [0.1, 0.15) is 17.5 Å². The molecule has 114 valence electrons. The molecule has 0 radical (unpaired) electrons. The van der Waals surface area contributed by atoms with Crippen molar-refractivity contribution in [1.82, 2.24) is 9.97 Å². The molecule has 1 aromatic heterocycles. The molecule has 7 nitrogen and oxygen atoms in total. The highest BCUT2D eigenvalue weighted by Gasteiger charge is 2.18. The minimum absolute atomic E-state index is 0.141. The van der Waals surface area contributed by atoms with Gasteiger partial charge in [-0.1, -0.05) is 20.8 Å². The Kier molecular flexibility index (Phi) is 6.63. The molecule has 1 heterocycles. The van der Waals surface area contributed by atoms with Crippen LogP contribution in [0.2, 0.25) is 0 Å². The van der Waals surface area contributed by atoms with Gasteiger partial charge in [0.15, 0.2) is 0 Å². The number of methoxy groups -OCH3 is 1. The molecule has 0 bridgehead atoms. The minimum Gasteiger partial charge on any atom is -0.382 e. The lowest BCUT2D eigenvalue weighted by Gasteiger charge is -2.18. The van der Waals surface area contributed by atoms with Gasteiger partial charge >= 0.3 is 0 Å². The van der Waals surface area contributed by atoms with E-state index in [2.05, 4.69) is 41.5 Å². The molecule has 7 heteroatoms. The molecule has 0 unspecified atom stereocenters. The van der Waals surface area contributed by atoms with Crippen molar-refractivity contribution in [3.63, 3.8) is 0 Å². The van der Waals surface area contributed by atoms with Gasteiger partial charge < -0.3 is 20.2 Å². The standard InChI is InChI=1S/C13H25N5O2/c1-13(2,3)12-16-10(9-11(17-12)18-14)15-5-6-20-8-7-19-4/h9H,5-8,14H2,1-4H3,(H2,15,16,17,18). The van der Waals surface area contributed by atoms with E-state index in [0.29, 0.717) is 32.2 Å². The average Bonchev–Trinajstić information content (AvgIpc) is 2.41. The van der Waals surface area contributed by atoms with E-state index in [-0.39, 0.29) is 5.41 Å². The summed E-state index contributed by atoms with van der Waals surface area (Å²) in [6.07, 6.45) is 0. The Bertz CT molecular complexity index is 406. The van der Waals surface area contributed by atoms with E-state index in [1.165, 1.54) is 0 Å². The van der Waals surface area contributed by atoms with Crippen LogP contribution in [0.1, 0.15) is 26.6 Å². The molecule has 20 heavy (non-hydrogen) atoms. The Labute approximate surface area is 120 Å². The molecule has 0 aliphatic carbocycles. The second kappa shape index (κ2) is 7.98. The van der Waals surface area contributed by atoms with Gasteiger partial charge in [0.25, 0.3) is 0 Å². The number of hydrazine groups is 1. The zero-order valence-electron chi connectivity index (χ0n) is 12.7. The summed E-state index contributed by atoms with van der Waals surface area (Å²) in [4.78, 5) is 8.85. The van der Waals surface area contributed by atoms with Crippen LogP contribution >= 0.6 is 0 Å². The molecule has 1 aromatic rings. The Morgan fingerprint density at radius 1 is 1.15 bits per heavy atom. The van der Waals surface area contributed by atoms with Crippen molar-refractivity contribution in [3.05, 3.63) is 11.9 Å². The Morgan fingerprint density at radius 2 is 1.85 bits per heavy atom. The number of aromatic nitrogens is 2. The molecule has 0 atom stereocenters. The van der Waals surface area contributed by atoms with Crippen LogP contribution in [-0.2, 0) is 14.9 Å². The maximum atomic E-state index is 5.43. The molecule has 4 N–H and O–H groups in total. The van der Waals surface area contributed by atoms with E-state index in [1.807, 2.05) is 0 Å². The van der Waals surface area contributed by atoms with Crippen molar-refractivity contribution in [2.75, 3.05) is 44.2 Å². The third-order valence-electron chi connectivity index (χ3n) is 2.53. The molecule has 0 saturated heterocycles. The zero-order chi connectivity index (χ0) is 15.0. The summed E-state index contributed by atoms with van der Waals surface area (Å²) in [5.41, 5.74) is 2.42. The predicted octanol–water partition coefficient (Wildman–Crippen LogP) is 1.13. The molecule has 0 aliphatic heterocycles. The van der Waals surface area contributed by atoms with Crippen LogP contribution in [0.15, 0.2) is 6.07 Å². The molecule has 0 saturated carbocycles. The first kappa shape index (κ1) is 16.6. The third-order valence-corrected chi connectivity index (χ3v) is 2.53. The first-order valence-corrected chi connectivity index (χ1v) is 6.64. The van der Waals surface area contributed by atoms with E-state index in [4.69, 9.17) is 15.3 Å². The van der Waals surface area contributed by atoms with Crippen molar-refractivity contribution < 1.29 is 9.47 Å². The van der Waals surface area contributed by atoms with Crippen LogP contribution in [-0.4, -0.2) is 43.4 Å². The van der Waals surface area contributed by atoms with Gasteiger partial charge in [0.05, 0.1) is 19.8 Å². The lowest BCUT2D eigenvalue weighted by molar-refractivity contribution is 0.0759. The quantitative estimate of drug-likeness (QED) is 0.374. The summed E-state index contributed by atoms with van der Waals surface area (Å²) in [6.45, 7) is 8.60. The fourth-order valence-corrected chi connectivity index (χ4v) is 1.44. The van der Waals surface area contributed by atoms with E-state index in [0.717, 1.165) is 11.6 Å². The Morgan fingerprint density at radius 3 is 2.45 bits per heavy atom. The number of hydrogen-bond donors (Lipinski definition) is 3. The summed E-state index contributed by atoms with van der Waals surface area (Å²) in [5, 5.41) is 3.20. The van der Waals surface area contributed by atoms with Gasteiger partial charge in [-0.3, -0.25) is 0 Å². The van der Waals surface area contributed by atoms with Crippen LogP contribution in [0, 0.1) is 0 Å².